The van der Waals surface area contributed by atoms with E-state index in [-0.39, 0.29) is 12.6 Å². The Morgan fingerprint density at radius 2 is 1.95 bits per heavy atom. The van der Waals surface area contributed by atoms with Crippen molar-refractivity contribution in [3.05, 3.63) is 35.9 Å². The van der Waals surface area contributed by atoms with Crippen molar-refractivity contribution in [2.75, 3.05) is 13.2 Å². The zero-order chi connectivity index (χ0) is 15.1. The highest BCUT2D eigenvalue weighted by Gasteiger charge is 2.34. The molecule has 2 amide bonds. The van der Waals surface area contributed by atoms with Crippen molar-refractivity contribution in [3.8, 4) is 0 Å². The fraction of sp³-hybridized carbons (Fsp3) is 0.588. The van der Waals surface area contributed by atoms with Crippen LogP contribution >= 0.6 is 0 Å². The molecule has 1 aromatic rings. The number of hydrogen-bond donors (Lipinski definition) is 3. The van der Waals surface area contributed by atoms with Gasteiger partial charge in [-0.1, -0.05) is 50.1 Å². The lowest BCUT2D eigenvalue weighted by Crippen LogP contribution is -2.53. The van der Waals surface area contributed by atoms with E-state index < -0.39 is 5.54 Å². The van der Waals surface area contributed by atoms with Crippen LogP contribution in [0.25, 0.3) is 0 Å². The van der Waals surface area contributed by atoms with Gasteiger partial charge in [0.05, 0.1) is 12.1 Å². The lowest BCUT2D eigenvalue weighted by atomic mass is 9.96. The fourth-order valence-electron chi connectivity index (χ4n) is 3.10. The molecule has 0 bridgehead atoms. The van der Waals surface area contributed by atoms with Crippen molar-refractivity contribution >= 4 is 6.03 Å². The topological polar surface area (TPSA) is 61.4 Å². The third-order valence-electron chi connectivity index (χ3n) is 4.51. The Hall–Kier alpha value is -1.55. The summed E-state index contributed by atoms with van der Waals surface area (Å²) in [6.45, 7) is 2.77. The molecule has 0 heterocycles. The van der Waals surface area contributed by atoms with E-state index in [1.54, 1.807) is 0 Å². The molecule has 3 N–H and O–H groups in total. The van der Waals surface area contributed by atoms with Crippen molar-refractivity contribution in [1.29, 1.82) is 0 Å². The van der Waals surface area contributed by atoms with Gasteiger partial charge in [-0.25, -0.2) is 4.79 Å². The summed E-state index contributed by atoms with van der Waals surface area (Å²) in [6.07, 6.45) is 4.86. The van der Waals surface area contributed by atoms with Crippen LogP contribution in [0.1, 0.15) is 50.5 Å². The maximum Gasteiger partial charge on any atom is 0.315 e. The maximum absolute atomic E-state index is 12.1. The number of hydrogen-bond acceptors (Lipinski definition) is 2. The molecule has 21 heavy (non-hydrogen) atoms. The van der Waals surface area contributed by atoms with E-state index >= 15 is 0 Å². The van der Waals surface area contributed by atoms with Gasteiger partial charge >= 0.3 is 6.03 Å². The summed E-state index contributed by atoms with van der Waals surface area (Å²) in [7, 11) is 0. The first-order valence-electron chi connectivity index (χ1n) is 7.91. The number of benzene rings is 1. The number of urea groups is 1. The highest BCUT2D eigenvalue weighted by Crippen LogP contribution is 2.29. The summed E-state index contributed by atoms with van der Waals surface area (Å²) < 4.78 is 0. The van der Waals surface area contributed by atoms with Crippen LogP contribution in [-0.4, -0.2) is 29.8 Å². The minimum absolute atomic E-state index is 0.0241. The van der Waals surface area contributed by atoms with E-state index in [9.17, 15) is 9.90 Å². The van der Waals surface area contributed by atoms with Crippen molar-refractivity contribution < 1.29 is 9.90 Å². The van der Waals surface area contributed by atoms with Gasteiger partial charge in [-0.3, -0.25) is 0 Å². The maximum atomic E-state index is 12.1. The normalized spacial score (nSPS) is 18.2. The summed E-state index contributed by atoms with van der Waals surface area (Å²) in [5, 5.41) is 15.5. The van der Waals surface area contributed by atoms with Gasteiger partial charge in [-0.15, -0.1) is 0 Å². The first kappa shape index (κ1) is 15.8. The van der Waals surface area contributed by atoms with Crippen molar-refractivity contribution in [2.45, 2.75) is 50.5 Å². The molecule has 1 fully saturated rings. The molecule has 4 nitrogen and oxygen atoms in total. The predicted molar refractivity (Wildman–Crippen MR) is 84.3 cm³/mol. The highest BCUT2D eigenvalue weighted by atomic mass is 16.3. The van der Waals surface area contributed by atoms with Crippen LogP contribution in [0.5, 0.6) is 0 Å². The third kappa shape index (κ3) is 4.21. The van der Waals surface area contributed by atoms with Gasteiger partial charge in [0, 0.05) is 12.5 Å². The molecule has 0 spiro atoms. The lowest BCUT2D eigenvalue weighted by molar-refractivity contribution is 0.162. The third-order valence-corrected chi connectivity index (χ3v) is 4.51. The molecule has 4 heteroatoms. The van der Waals surface area contributed by atoms with Crippen molar-refractivity contribution in [1.82, 2.24) is 10.6 Å². The summed E-state index contributed by atoms with van der Waals surface area (Å²) in [5.74, 6) is 0.325. The standard InChI is InChI=1S/C17H26N2O2/c1-2-14(15-8-4-3-5-9-15)12-18-16(21)19-17(13-20)10-6-7-11-17/h3-5,8-9,14,20H,2,6-7,10-13H2,1H3,(H2,18,19,21). The number of carbonyl (C=O) groups is 1. The number of aliphatic hydroxyl groups excluding tert-OH is 1. The average molecular weight is 290 g/mol. The van der Waals surface area contributed by atoms with E-state index in [0.717, 1.165) is 32.1 Å². The molecule has 0 aliphatic heterocycles. The van der Waals surface area contributed by atoms with Crippen LogP contribution in [-0.2, 0) is 0 Å². The van der Waals surface area contributed by atoms with Gasteiger partial charge in [0.15, 0.2) is 0 Å². The minimum Gasteiger partial charge on any atom is -0.394 e. The first-order chi connectivity index (χ1) is 10.2. The molecule has 1 atom stereocenters. The van der Waals surface area contributed by atoms with Crippen molar-refractivity contribution in [2.24, 2.45) is 0 Å². The molecule has 1 unspecified atom stereocenters. The Morgan fingerprint density at radius 3 is 2.52 bits per heavy atom. The summed E-state index contributed by atoms with van der Waals surface area (Å²) in [4.78, 5) is 12.1. The van der Waals surface area contributed by atoms with Crippen LogP contribution in [0.15, 0.2) is 30.3 Å². The Labute approximate surface area is 126 Å². The Balaban J connectivity index is 1.85. The quantitative estimate of drug-likeness (QED) is 0.754. The van der Waals surface area contributed by atoms with Crippen LogP contribution in [0, 0.1) is 0 Å². The lowest BCUT2D eigenvalue weighted by Gasteiger charge is -2.28. The second-order valence-electron chi connectivity index (χ2n) is 6.00. The smallest absolute Gasteiger partial charge is 0.315 e. The SMILES string of the molecule is CCC(CNC(=O)NC1(CO)CCCC1)c1ccccc1. The van der Waals surface area contributed by atoms with Crippen LogP contribution < -0.4 is 10.6 Å². The molecule has 1 aliphatic rings. The Kier molecular flexibility index (Phi) is 5.62. The minimum atomic E-state index is -0.404. The number of amides is 2. The summed E-state index contributed by atoms with van der Waals surface area (Å²) >= 11 is 0. The first-order valence-corrected chi connectivity index (χ1v) is 7.91. The van der Waals surface area contributed by atoms with E-state index in [0.29, 0.717) is 12.5 Å². The molecular formula is C17H26N2O2. The van der Waals surface area contributed by atoms with Crippen molar-refractivity contribution in [3.63, 3.8) is 0 Å². The average Bonchev–Trinajstić information content (AvgIpc) is 2.98. The van der Waals surface area contributed by atoms with Gasteiger partial charge in [0.25, 0.3) is 0 Å². The fourth-order valence-corrected chi connectivity index (χ4v) is 3.10. The van der Waals surface area contributed by atoms with Gasteiger partial charge in [0.2, 0.25) is 0 Å². The molecular weight excluding hydrogens is 264 g/mol. The Morgan fingerprint density at radius 1 is 1.29 bits per heavy atom. The molecule has 0 aromatic heterocycles. The van der Waals surface area contributed by atoms with Gasteiger partial charge < -0.3 is 15.7 Å². The second kappa shape index (κ2) is 7.46. The molecule has 0 saturated heterocycles. The van der Waals surface area contributed by atoms with E-state index in [4.69, 9.17) is 0 Å². The zero-order valence-electron chi connectivity index (χ0n) is 12.8. The summed E-state index contributed by atoms with van der Waals surface area (Å²) in [5.41, 5.74) is 0.844. The summed E-state index contributed by atoms with van der Waals surface area (Å²) in [6, 6.07) is 10.1. The molecule has 116 valence electrons. The number of nitrogens with one attached hydrogen (secondary N) is 2. The van der Waals surface area contributed by atoms with Crippen LogP contribution in [0.2, 0.25) is 0 Å². The number of carbonyl (C=O) groups excluding carboxylic acids is 1. The largest absolute Gasteiger partial charge is 0.394 e. The Bertz CT molecular complexity index is 441. The zero-order valence-corrected chi connectivity index (χ0v) is 12.8. The van der Waals surface area contributed by atoms with Crippen LogP contribution in [0.3, 0.4) is 0 Å². The van der Waals surface area contributed by atoms with Crippen LogP contribution in [0.4, 0.5) is 4.79 Å². The van der Waals surface area contributed by atoms with Gasteiger partial charge in [-0.2, -0.15) is 0 Å². The predicted octanol–water partition coefficient (Wildman–Crippen LogP) is 2.78. The second-order valence-corrected chi connectivity index (χ2v) is 6.00. The monoisotopic (exact) mass is 290 g/mol. The van der Waals surface area contributed by atoms with Gasteiger partial charge in [0.1, 0.15) is 0 Å². The molecule has 0 radical (unpaired) electrons. The number of aliphatic hydroxyl groups is 1. The van der Waals surface area contributed by atoms with E-state index in [2.05, 4.69) is 29.7 Å². The van der Waals surface area contributed by atoms with Gasteiger partial charge in [-0.05, 0) is 24.8 Å². The molecule has 1 aromatic carbocycles. The molecule has 2 rings (SSSR count). The molecule has 1 aliphatic carbocycles. The van der Waals surface area contributed by atoms with E-state index in [1.807, 2.05) is 18.2 Å². The molecule has 1 saturated carbocycles. The highest BCUT2D eigenvalue weighted by molar-refractivity contribution is 5.75. The number of rotatable bonds is 6. The van der Waals surface area contributed by atoms with E-state index in [1.165, 1.54) is 5.56 Å².